The van der Waals surface area contributed by atoms with E-state index < -0.39 is 6.10 Å². The van der Waals surface area contributed by atoms with Gasteiger partial charge in [0.2, 0.25) is 0 Å². The predicted octanol–water partition coefficient (Wildman–Crippen LogP) is 5.67. The molecule has 0 saturated carbocycles. The first-order valence-electron chi connectivity index (χ1n) is 6.97. The average molecular weight is 373 g/mol. The summed E-state index contributed by atoms with van der Waals surface area (Å²) in [6.45, 7) is 5.67. The number of carbonyl (C=O) groups is 1. The summed E-state index contributed by atoms with van der Waals surface area (Å²) in [5, 5.41) is 3.64. The maximum atomic E-state index is 12.2. The van der Waals surface area contributed by atoms with Crippen LogP contribution in [0.5, 0.6) is 5.75 Å². The minimum absolute atomic E-state index is 0.311. The van der Waals surface area contributed by atoms with Crippen molar-refractivity contribution in [3.8, 4) is 5.75 Å². The molecule has 0 bridgehead atoms. The molecule has 122 valence electrons. The first kappa shape index (κ1) is 17.9. The number of rotatable bonds is 4. The van der Waals surface area contributed by atoms with Crippen LogP contribution in [-0.2, 0) is 4.79 Å². The van der Waals surface area contributed by atoms with Crippen LogP contribution in [0.15, 0.2) is 30.3 Å². The van der Waals surface area contributed by atoms with Crippen LogP contribution in [0.25, 0.3) is 0 Å². The van der Waals surface area contributed by atoms with Gasteiger partial charge in [0.15, 0.2) is 6.10 Å². The number of halogens is 3. The molecule has 0 radical (unpaired) electrons. The molecule has 0 fully saturated rings. The first-order chi connectivity index (χ1) is 10.8. The van der Waals surface area contributed by atoms with E-state index in [9.17, 15) is 4.79 Å². The Balaban J connectivity index is 2.08. The van der Waals surface area contributed by atoms with Gasteiger partial charge < -0.3 is 10.1 Å². The Morgan fingerprint density at radius 3 is 2.30 bits per heavy atom. The van der Waals surface area contributed by atoms with Crippen molar-refractivity contribution >= 4 is 46.4 Å². The fourth-order valence-corrected chi connectivity index (χ4v) is 2.49. The second kappa shape index (κ2) is 7.43. The van der Waals surface area contributed by atoms with Crippen LogP contribution in [-0.4, -0.2) is 12.0 Å². The third-order valence-electron chi connectivity index (χ3n) is 3.43. The van der Waals surface area contributed by atoms with Crippen molar-refractivity contribution in [3.05, 3.63) is 56.5 Å². The van der Waals surface area contributed by atoms with Crippen molar-refractivity contribution in [2.24, 2.45) is 0 Å². The molecule has 0 unspecified atom stereocenters. The molecule has 2 aromatic carbocycles. The van der Waals surface area contributed by atoms with Crippen LogP contribution in [0.1, 0.15) is 18.1 Å². The Hall–Kier alpha value is -1.42. The van der Waals surface area contributed by atoms with Gasteiger partial charge in [-0.05, 0) is 56.2 Å². The van der Waals surface area contributed by atoms with E-state index in [-0.39, 0.29) is 5.91 Å². The summed E-state index contributed by atoms with van der Waals surface area (Å²) in [4.78, 5) is 12.2. The second-order valence-electron chi connectivity index (χ2n) is 5.24. The summed E-state index contributed by atoms with van der Waals surface area (Å²) < 4.78 is 5.66. The number of nitrogens with one attached hydrogen (secondary N) is 1. The molecule has 2 rings (SSSR count). The number of hydrogen-bond acceptors (Lipinski definition) is 2. The van der Waals surface area contributed by atoms with Crippen molar-refractivity contribution in [3.63, 3.8) is 0 Å². The standard InChI is InChI=1S/C17H16Cl3NO2/c1-9-4-5-12(6-10(9)2)23-11(3)17(22)21-16-8-14(19)13(18)7-15(16)20/h4-8,11H,1-3H3,(H,21,22)/t11-/m0/s1. The van der Waals surface area contributed by atoms with Crippen LogP contribution in [0.4, 0.5) is 5.69 Å². The normalized spacial score (nSPS) is 11.9. The van der Waals surface area contributed by atoms with Gasteiger partial charge in [0.25, 0.3) is 5.91 Å². The number of benzene rings is 2. The van der Waals surface area contributed by atoms with Crippen molar-refractivity contribution in [1.29, 1.82) is 0 Å². The maximum Gasteiger partial charge on any atom is 0.265 e. The largest absolute Gasteiger partial charge is 0.481 e. The number of anilines is 1. The second-order valence-corrected chi connectivity index (χ2v) is 6.46. The Bertz CT molecular complexity index is 747. The number of carbonyl (C=O) groups excluding carboxylic acids is 1. The fourth-order valence-electron chi connectivity index (χ4n) is 1.90. The van der Waals surface area contributed by atoms with Crippen molar-refractivity contribution in [2.75, 3.05) is 5.32 Å². The quantitative estimate of drug-likeness (QED) is 0.702. The summed E-state index contributed by atoms with van der Waals surface area (Å²) in [7, 11) is 0. The summed E-state index contributed by atoms with van der Waals surface area (Å²) in [5.41, 5.74) is 2.65. The lowest BCUT2D eigenvalue weighted by Gasteiger charge is -2.16. The highest BCUT2D eigenvalue weighted by Gasteiger charge is 2.17. The van der Waals surface area contributed by atoms with E-state index >= 15 is 0 Å². The van der Waals surface area contributed by atoms with Crippen molar-refractivity contribution in [2.45, 2.75) is 26.9 Å². The molecular weight excluding hydrogens is 357 g/mol. The molecule has 1 N–H and O–H groups in total. The molecule has 1 atom stereocenters. The van der Waals surface area contributed by atoms with Gasteiger partial charge >= 0.3 is 0 Å². The van der Waals surface area contributed by atoms with Gasteiger partial charge in [-0.25, -0.2) is 0 Å². The fraction of sp³-hybridized carbons (Fsp3) is 0.235. The van der Waals surface area contributed by atoms with E-state index in [0.29, 0.717) is 26.5 Å². The molecule has 6 heteroatoms. The van der Waals surface area contributed by atoms with E-state index in [2.05, 4.69) is 5.32 Å². The van der Waals surface area contributed by atoms with Gasteiger partial charge in [-0.15, -0.1) is 0 Å². The zero-order chi connectivity index (χ0) is 17.1. The van der Waals surface area contributed by atoms with Crippen LogP contribution in [0.3, 0.4) is 0 Å². The molecule has 2 aromatic rings. The molecule has 0 heterocycles. The number of ether oxygens (including phenoxy) is 1. The van der Waals surface area contributed by atoms with Crippen LogP contribution < -0.4 is 10.1 Å². The average Bonchev–Trinajstić information content (AvgIpc) is 2.48. The third kappa shape index (κ3) is 4.54. The van der Waals surface area contributed by atoms with Crippen LogP contribution in [0, 0.1) is 13.8 Å². The number of amides is 1. The molecule has 23 heavy (non-hydrogen) atoms. The van der Waals surface area contributed by atoms with E-state index in [4.69, 9.17) is 39.5 Å². The highest BCUT2D eigenvalue weighted by Crippen LogP contribution is 2.32. The van der Waals surface area contributed by atoms with Crippen LogP contribution >= 0.6 is 34.8 Å². The van der Waals surface area contributed by atoms with Gasteiger partial charge in [0, 0.05) is 0 Å². The summed E-state index contributed by atoms with van der Waals surface area (Å²) in [6, 6.07) is 8.66. The summed E-state index contributed by atoms with van der Waals surface area (Å²) in [6.07, 6.45) is -0.692. The molecule has 0 aliphatic rings. The molecule has 3 nitrogen and oxygen atoms in total. The first-order valence-corrected chi connectivity index (χ1v) is 8.10. The number of aryl methyl sites for hydroxylation is 2. The smallest absolute Gasteiger partial charge is 0.265 e. The SMILES string of the molecule is Cc1ccc(O[C@@H](C)C(=O)Nc2cc(Cl)c(Cl)cc2Cl)cc1C. The molecule has 0 spiro atoms. The monoisotopic (exact) mass is 371 g/mol. The van der Waals surface area contributed by atoms with Gasteiger partial charge in [-0.1, -0.05) is 40.9 Å². The Morgan fingerprint density at radius 2 is 1.65 bits per heavy atom. The van der Waals surface area contributed by atoms with E-state index in [1.54, 1.807) is 6.92 Å². The molecule has 0 aromatic heterocycles. The van der Waals surface area contributed by atoms with E-state index in [0.717, 1.165) is 11.1 Å². The van der Waals surface area contributed by atoms with Crippen molar-refractivity contribution in [1.82, 2.24) is 0 Å². The Morgan fingerprint density at radius 1 is 1.00 bits per heavy atom. The minimum Gasteiger partial charge on any atom is -0.481 e. The van der Waals surface area contributed by atoms with E-state index in [1.807, 2.05) is 32.0 Å². The third-order valence-corrected chi connectivity index (χ3v) is 4.46. The highest BCUT2D eigenvalue weighted by atomic mass is 35.5. The molecule has 1 amide bonds. The Labute approximate surface area is 150 Å². The predicted molar refractivity (Wildman–Crippen MR) is 96.1 cm³/mol. The highest BCUT2D eigenvalue weighted by molar-refractivity contribution is 6.44. The molecule has 0 aliphatic carbocycles. The number of hydrogen-bond donors (Lipinski definition) is 1. The van der Waals surface area contributed by atoms with Gasteiger partial charge in [0.1, 0.15) is 5.75 Å². The molecule has 0 saturated heterocycles. The topological polar surface area (TPSA) is 38.3 Å². The summed E-state index contributed by atoms with van der Waals surface area (Å²) in [5.74, 6) is 0.305. The van der Waals surface area contributed by atoms with Gasteiger partial charge in [0.05, 0.1) is 20.8 Å². The van der Waals surface area contributed by atoms with Gasteiger partial charge in [-0.2, -0.15) is 0 Å². The van der Waals surface area contributed by atoms with E-state index in [1.165, 1.54) is 12.1 Å². The molecule has 0 aliphatic heterocycles. The lowest BCUT2D eigenvalue weighted by Crippen LogP contribution is -2.30. The molecular formula is C17H16Cl3NO2. The summed E-state index contributed by atoms with van der Waals surface area (Å²) >= 11 is 17.9. The van der Waals surface area contributed by atoms with Crippen LogP contribution in [0.2, 0.25) is 15.1 Å². The lowest BCUT2D eigenvalue weighted by atomic mass is 10.1. The lowest BCUT2D eigenvalue weighted by molar-refractivity contribution is -0.122. The van der Waals surface area contributed by atoms with Crippen molar-refractivity contribution < 1.29 is 9.53 Å². The zero-order valence-electron chi connectivity index (χ0n) is 12.9. The maximum absolute atomic E-state index is 12.2. The van der Waals surface area contributed by atoms with Gasteiger partial charge in [-0.3, -0.25) is 4.79 Å². The zero-order valence-corrected chi connectivity index (χ0v) is 15.2. The Kier molecular flexibility index (Phi) is 5.79. The minimum atomic E-state index is -0.692.